The summed E-state index contributed by atoms with van der Waals surface area (Å²) in [6.45, 7) is 6.95. The molecule has 2 N–H and O–H groups in total. The number of nitrogens with one attached hydrogen (secondary N) is 2. The van der Waals surface area contributed by atoms with Crippen molar-refractivity contribution in [3.8, 4) is 0 Å². The fourth-order valence-electron chi connectivity index (χ4n) is 4.91. The van der Waals surface area contributed by atoms with E-state index < -0.39 is 0 Å². The maximum absolute atomic E-state index is 4.53. The van der Waals surface area contributed by atoms with E-state index in [2.05, 4.69) is 56.9 Å². The highest BCUT2D eigenvalue weighted by molar-refractivity contribution is 7.10. The van der Waals surface area contributed by atoms with Crippen molar-refractivity contribution in [3.63, 3.8) is 0 Å². The Bertz CT molecular complexity index is 627. The van der Waals surface area contributed by atoms with Gasteiger partial charge in [-0.3, -0.25) is 14.8 Å². The number of nitrogens with zero attached hydrogens (tertiary/aromatic N) is 3. The van der Waals surface area contributed by atoms with Crippen LogP contribution in [0.25, 0.3) is 0 Å². The van der Waals surface area contributed by atoms with Crippen LogP contribution in [0.1, 0.15) is 43.5 Å². The minimum atomic E-state index is 0.513. The van der Waals surface area contributed by atoms with Crippen LogP contribution in [0.15, 0.2) is 22.5 Å². The van der Waals surface area contributed by atoms with Gasteiger partial charge in [0.15, 0.2) is 5.96 Å². The predicted octanol–water partition coefficient (Wildman–Crippen LogP) is 2.78. The number of thiophene rings is 1. The number of aliphatic imine (C=N–C) groups is 1. The first-order valence-electron chi connectivity index (χ1n) is 10.6. The quantitative estimate of drug-likeness (QED) is 0.600. The maximum atomic E-state index is 4.53. The molecule has 2 saturated heterocycles. The van der Waals surface area contributed by atoms with Gasteiger partial charge in [0.1, 0.15) is 0 Å². The summed E-state index contributed by atoms with van der Waals surface area (Å²) in [7, 11) is 4.17. The molecule has 1 aromatic rings. The van der Waals surface area contributed by atoms with E-state index in [0.29, 0.717) is 23.9 Å². The summed E-state index contributed by atoms with van der Waals surface area (Å²) in [6, 6.07) is 6.38. The standard InChI is InChI=1S/C21H35N5S/c1-15-13-26(17-8-9-17)14-18(15)24-21(22-2)23-12-16-6-4-10-25(3)20(16)19-7-5-11-27-19/h5,7,11,15-18,20H,4,6,8-10,12-14H2,1-3H3,(H2,22,23,24). The summed E-state index contributed by atoms with van der Waals surface area (Å²) in [5.41, 5.74) is 0. The summed E-state index contributed by atoms with van der Waals surface area (Å²) < 4.78 is 0. The van der Waals surface area contributed by atoms with E-state index in [1.54, 1.807) is 0 Å². The third-order valence-corrected chi connectivity index (χ3v) is 7.57. The summed E-state index contributed by atoms with van der Waals surface area (Å²) >= 11 is 1.89. The van der Waals surface area contributed by atoms with Gasteiger partial charge in [0.25, 0.3) is 0 Å². The van der Waals surface area contributed by atoms with Crippen molar-refractivity contribution < 1.29 is 0 Å². The summed E-state index contributed by atoms with van der Waals surface area (Å²) in [4.78, 5) is 11.2. The number of rotatable bonds is 5. The molecule has 4 atom stereocenters. The van der Waals surface area contributed by atoms with E-state index in [9.17, 15) is 0 Å². The molecule has 0 bridgehead atoms. The molecule has 0 amide bonds. The molecule has 3 fully saturated rings. The zero-order chi connectivity index (χ0) is 18.8. The van der Waals surface area contributed by atoms with Crippen molar-refractivity contribution in [2.24, 2.45) is 16.8 Å². The Morgan fingerprint density at radius 2 is 2.15 bits per heavy atom. The first kappa shape index (κ1) is 19.2. The zero-order valence-corrected chi connectivity index (χ0v) is 17.8. The van der Waals surface area contributed by atoms with E-state index in [-0.39, 0.29) is 0 Å². The van der Waals surface area contributed by atoms with Crippen molar-refractivity contribution in [2.75, 3.05) is 40.3 Å². The lowest BCUT2D eigenvalue weighted by molar-refractivity contribution is 0.125. The normalized spacial score (nSPS) is 33.4. The zero-order valence-electron chi connectivity index (χ0n) is 17.0. The number of guanidine groups is 1. The van der Waals surface area contributed by atoms with Gasteiger partial charge in [-0.1, -0.05) is 13.0 Å². The smallest absolute Gasteiger partial charge is 0.191 e. The van der Waals surface area contributed by atoms with Gasteiger partial charge in [-0.2, -0.15) is 0 Å². The van der Waals surface area contributed by atoms with Crippen LogP contribution in [0.4, 0.5) is 0 Å². The molecule has 0 aromatic carbocycles. The Morgan fingerprint density at radius 1 is 1.30 bits per heavy atom. The van der Waals surface area contributed by atoms with Crippen LogP contribution >= 0.6 is 11.3 Å². The number of piperidine rings is 1. The van der Waals surface area contributed by atoms with Crippen LogP contribution in [-0.2, 0) is 0 Å². The van der Waals surface area contributed by atoms with E-state index in [4.69, 9.17) is 0 Å². The highest BCUT2D eigenvalue weighted by Gasteiger charge is 2.38. The van der Waals surface area contributed by atoms with Crippen molar-refractivity contribution in [1.82, 2.24) is 20.4 Å². The van der Waals surface area contributed by atoms with E-state index in [0.717, 1.165) is 25.1 Å². The van der Waals surface area contributed by atoms with Gasteiger partial charge in [-0.15, -0.1) is 11.3 Å². The molecular weight excluding hydrogens is 354 g/mol. The molecule has 4 unspecified atom stereocenters. The Hall–Kier alpha value is -1.11. The van der Waals surface area contributed by atoms with Crippen molar-refractivity contribution in [2.45, 2.75) is 50.7 Å². The van der Waals surface area contributed by atoms with Gasteiger partial charge in [0.05, 0.1) is 0 Å². The van der Waals surface area contributed by atoms with Crippen LogP contribution < -0.4 is 10.6 Å². The molecule has 1 aromatic heterocycles. The lowest BCUT2D eigenvalue weighted by Gasteiger charge is -2.39. The minimum absolute atomic E-state index is 0.513. The predicted molar refractivity (Wildman–Crippen MR) is 114 cm³/mol. The van der Waals surface area contributed by atoms with Gasteiger partial charge < -0.3 is 10.6 Å². The van der Waals surface area contributed by atoms with E-state index in [1.807, 2.05) is 18.4 Å². The second kappa shape index (κ2) is 8.50. The van der Waals surface area contributed by atoms with Gasteiger partial charge in [0, 0.05) is 49.7 Å². The third-order valence-electron chi connectivity index (χ3n) is 6.62. The second-order valence-corrected chi connectivity index (χ2v) is 9.69. The summed E-state index contributed by atoms with van der Waals surface area (Å²) in [5, 5.41) is 9.58. The van der Waals surface area contributed by atoms with Crippen molar-refractivity contribution in [3.05, 3.63) is 22.4 Å². The molecule has 6 heteroatoms. The fourth-order valence-corrected chi connectivity index (χ4v) is 5.89. The Morgan fingerprint density at radius 3 is 2.85 bits per heavy atom. The van der Waals surface area contributed by atoms with Crippen LogP contribution in [0.2, 0.25) is 0 Å². The van der Waals surface area contributed by atoms with Gasteiger partial charge in [-0.05, 0) is 62.6 Å². The highest BCUT2D eigenvalue weighted by atomic mass is 32.1. The molecule has 2 aliphatic heterocycles. The van der Waals surface area contributed by atoms with Crippen molar-refractivity contribution in [1.29, 1.82) is 0 Å². The molecule has 3 aliphatic rings. The third kappa shape index (κ3) is 4.49. The molecule has 1 saturated carbocycles. The molecule has 1 aliphatic carbocycles. The van der Waals surface area contributed by atoms with Crippen LogP contribution in [0, 0.1) is 11.8 Å². The monoisotopic (exact) mass is 389 g/mol. The van der Waals surface area contributed by atoms with E-state index in [1.165, 1.54) is 43.6 Å². The molecule has 0 spiro atoms. The SMILES string of the molecule is CN=C(NCC1CCCN(C)C1c1cccs1)NC1CN(C2CC2)CC1C. The summed E-state index contributed by atoms with van der Waals surface area (Å²) in [6.07, 6.45) is 5.36. The average molecular weight is 390 g/mol. The number of likely N-dealkylation sites (tertiary alicyclic amines) is 2. The largest absolute Gasteiger partial charge is 0.356 e. The van der Waals surface area contributed by atoms with Gasteiger partial charge in [-0.25, -0.2) is 0 Å². The average Bonchev–Trinajstić information content (AvgIpc) is 3.25. The molecule has 4 rings (SSSR count). The lowest BCUT2D eigenvalue weighted by atomic mass is 9.88. The van der Waals surface area contributed by atoms with Gasteiger partial charge in [0.2, 0.25) is 0 Å². The summed E-state index contributed by atoms with van der Waals surface area (Å²) in [5.74, 6) is 2.29. The van der Waals surface area contributed by atoms with Crippen LogP contribution in [0.3, 0.4) is 0 Å². The molecule has 5 nitrogen and oxygen atoms in total. The Balaban J connectivity index is 1.33. The minimum Gasteiger partial charge on any atom is -0.356 e. The van der Waals surface area contributed by atoms with Crippen molar-refractivity contribution >= 4 is 17.3 Å². The molecule has 27 heavy (non-hydrogen) atoms. The van der Waals surface area contributed by atoms with Gasteiger partial charge >= 0.3 is 0 Å². The maximum Gasteiger partial charge on any atom is 0.191 e. The molecular formula is C21H35N5S. The first-order chi connectivity index (χ1) is 13.2. The fraction of sp³-hybridized carbons (Fsp3) is 0.762. The second-order valence-electron chi connectivity index (χ2n) is 8.71. The first-order valence-corrected chi connectivity index (χ1v) is 11.5. The number of hydrogen-bond donors (Lipinski definition) is 2. The molecule has 0 radical (unpaired) electrons. The number of hydrogen-bond acceptors (Lipinski definition) is 4. The highest BCUT2D eigenvalue weighted by Crippen LogP contribution is 2.37. The topological polar surface area (TPSA) is 42.9 Å². The molecule has 150 valence electrons. The van der Waals surface area contributed by atoms with Crippen LogP contribution in [-0.4, -0.2) is 68.1 Å². The Kier molecular flexibility index (Phi) is 6.05. The lowest BCUT2D eigenvalue weighted by Crippen LogP contribution is -2.49. The Labute approximate surface area is 168 Å². The van der Waals surface area contributed by atoms with E-state index >= 15 is 0 Å². The van der Waals surface area contributed by atoms with Crippen LogP contribution in [0.5, 0.6) is 0 Å². The molecule has 3 heterocycles.